The second-order valence-electron chi connectivity index (χ2n) is 9.58. The van der Waals surface area contributed by atoms with Gasteiger partial charge in [-0.15, -0.1) is 0 Å². The van der Waals surface area contributed by atoms with Crippen molar-refractivity contribution in [2.75, 3.05) is 19.6 Å². The Hall–Kier alpha value is -2.95. The van der Waals surface area contributed by atoms with Crippen molar-refractivity contribution in [1.29, 1.82) is 0 Å². The molecule has 0 spiro atoms. The molecule has 2 N–H and O–H groups in total. The van der Waals surface area contributed by atoms with Crippen LogP contribution in [0.3, 0.4) is 0 Å². The van der Waals surface area contributed by atoms with Gasteiger partial charge in [0.1, 0.15) is 5.60 Å². The van der Waals surface area contributed by atoms with E-state index in [0.717, 1.165) is 56.4 Å². The van der Waals surface area contributed by atoms with Crippen molar-refractivity contribution in [2.24, 2.45) is 5.92 Å². The molecule has 0 saturated carbocycles. The van der Waals surface area contributed by atoms with Crippen LogP contribution in [0, 0.1) is 5.92 Å². The van der Waals surface area contributed by atoms with E-state index in [9.17, 15) is 9.90 Å². The smallest absolute Gasteiger partial charge is 0.335 e. The Balaban J connectivity index is 1.33. The first kappa shape index (κ1) is 24.2. The first-order valence-corrected chi connectivity index (χ1v) is 12.4. The molecule has 1 aliphatic rings. The fourth-order valence-electron chi connectivity index (χ4n) is 5.34. The van der Waals surface area contributed by atoms with Gasteiger partial charge in [0.2, 0.25) is 0 Å². The molecule has 178 valence electrons. The molecule has 3 aromatic carbocycles. The predicted octanol–water partition coefficient (Wildman–Crippen LogP) is 5.92. The summed E-state index contributed by atoms with van der Waals surface area (Å²) in [6, 6.07) is 27.5. The standard InChI is InChI=1S/C30H35NO3/c1-23(24-14-16-25(17-15-24)29(32)33)9-8-20-31-21-18-28(19-22-31)30(34,26-10-4-2-5-11-26)27-12-6-3-7-13-27/h2-7,10-17,23,28,34H,8-9,18-22H2,1H3,(H,32,33). The summed E-state index contributed by atoms with van der Waals surface area (Å²) in [6.45, 7) is 5.25. The minimum atomic E-state index is -0.967. The molecule has 34 heavy (non-hydrogen) atoms. The van der Waals surface area contributed by atoms with E-state index in [4.69, 9.17) is 5.11 Å². The van der Waals surface area contributed by atoms with Gasteiger partial charge in [0.25, 0.3) is 0 Å². The van der Waals surface area contributed by atoms with E-state index in [1.807, 2.05) is 72.8 Å². The highest BCUT2D eigenvalue weighted by Crippen LogP contribution is 2.41. The summed E-state index contributed by atoms with van der Waals surface area (Å²) in [5.41, 5.74) is 2.51. The summed E-state index contributed by atoms with van der Waals surface area (Å²) < 4.78 is 0. The zero-order valence-corrected chi connectivity index (χ0v) is 19.9. The van der Waals surface area contributed by atoms with E-state index in [1.54, 1.807) is 12.1 Å². The van der Waals surface area contributed by atoms with Crippen LogP contribution in [0.15, 0.2) is 84.9 Å². The number of carboxylic acids is 1. The van der Waals surface area contributed by atoms with Crippen LogP contribution in [-0.2, 0) is 5.60 Å². The summed E-state index contributed by atoms with van der Waals surface area (Å²) in [7, 11) is 0. The maximum Gasteiger partial charge on any atom is 0.335 e. The summed E-state index contributed by atoms with van der Waals surface area (Å²) in [6.07, 6.45) is 4.11. The highest BCUT2D eigenvalue weighted by atomic mass is 16.4. The number of rotatable bonds is 9. The van der Waals surface area contributed by atoms with Gasteiger partial charge >= 0.3 is 5.97 Å². The number of hydrogen-bond acceptors (Lipinski definition) is 3. The fourth-order valence-corrected chi connectivity index (χ4v) is 5.34. The summed E-state index contributed by atoms with van der Waals surface area (Å²) in [5.74, 6) is -0.295. The lowest BCUT2D eigenvalue weighted by Gasteiger charge is -2.42. The number of carbonyl (C=O) groups is 1. The number of likely N-dealkylation sites (tertiary alicyclic amines) is 1. The van der Waals surface area contributed by atoms with E-state index in [2.05, 4.69) is 11.8 Å². The van der Waals surface area contributed by atoms with Crippen LogP contribution < -0.4 is 0 Å². The normalized spacial score (nSPS) is 16.3. The van der Waals surface area contributed by atoms with E-state index in [-0.39, 0.29) is 5.92 Å². The summed E-state index contributed by atoms with van der Waals surface area (Å²) in [4.78, 5) is 13.6. The molecule has 1 unspecified atom stereocenters. The van der Waals surface area contributed by atoms with E-state index in [1.165, 1.54) is 5.56 Å². The van der Waals surface area contributed by atoms with Crippen LogP contribution >= 0.6 is 0 Å². The van der Waals surface area contributed by atoms with E-state index in [0.29, 0.717) is 11.5 Å². The Kier molecular flexibility index (Phi) is 7.81. The number of piperidine rings is 1. The Bertz CT molecular complexity index is 1000. The maximum absolute atomic E-state index is 12.0. The molecule has 0 aromatic heterocycles. The predicted molar refractivity (Wildman–Crippen MR) is 136 cm³/mol. The molecule has 4 nitrogen and oxygen atoms in total. The monoisotopic (exact) mass is 457 g/mol. The molecule has 1 saturated heterocycles. The SMILES string of the molecule is CC(CCCN1CCC(C(O)(c2ccccc2)c2ccccc2)CC1)c1ccc(C(=O)O)cc1. The van der Waals surface area contributed by atoms with Gasteiger partial charge < -0.3 is 15.1 Å². The number of aliphatic hydroxyl groups is 1. The third kappa shape index (κ3) is 5.40. The Morgan fingerprint density at radius 1 is 0.912 bits per heavy atom. The molecule has 3 aromatic rings. The molecule has 0 radical (unpaired) electrons. The van der Waals surface area contributed by atoms with Crippen molar-refractivity contribution in [2.45, 2.75) is 44.1 Å². The first-order chi connectivity index (χ1) is 16.5. The van der Waals surface area contributed by atoms with Crippen molar-refractivity contribution in [3.8, 4) is 0 Å². The lowest BCUT2D eigenvalue weighted by Crippen LogP contribution is -2.44. The third-order valence-corrected chi connectivity index (χ3v) is 7.44. The van der Waals surface area contributed by atoms with Crippen molar-refractivity contribution < 1.29 is 15.0 Å². The minimum Gasteiger partial charge on any atom is -0.478 e. The van der Waals surface area contributed by atoms with Gasteiger partial charge in [0, 0.05) is 0 Å². The third-order valence-electron chi connectivity index (χ3n) is 7.44. The van der Waals surface area contributed by atoms with Gasteiger partial charge in [0.15, 0.2) is 0 Å². The molecular weight excluding hydrogens is 422 g/mol. The van der Waals surface area contributed by atoms with Crippen molar-refractivity contribution >= 4 is 5.97 Å². The molecule has 4 rings (SSSR count). The van der Waals surface area contributed by atoms with Crippen LogP contribution in [0.2, 0.25) is 0 Å². The van der Waals surface area contributed by atoms with Crippen LogP contribution in [0.1, 0.15) is 65.6 Å². The second kappa shape index (κ2) is 11.0. The molecule has 4 heteroatoms. The van der Waals surface area contributed by atoms with Gasteiger partial charge in [-0.1, -0.05) is 79.7 Å². The Morgan fingerprint density at radius 2 is 1.44 bits per heavy atom. The number of carboxylic acid groups (broad SMARTS) is 1. The fraction of sp³-hybridized carbons (Fsp3) is 0.367. The highest BCUT2D eigenvalue weighted by Gasteiger charge is 2.41. The van der Waals surface area contributed by atoms with Crippen molar-refractivity contribution in [3.63, 3.8) is 0 Å². The molecule has 0 aliphatic carbocycles. The topological polar surface area (TPSA) is 60.8 Å². The lowest BCUT2D eigenvalue weighted by atomic mass is 9.72. The molecule has 1 atom stereocenters. The number of aromatic carboxylic acids is 1. The van der Waals surface area contributed by atoms with Gasteiger partial charge in [-0.3, -0.25) is 0 Å². The van der Waals surface area contributed by atoms with E-state index >= 15 is 0 Å². The van der Waals surface area contributed by atoms with E-state index < -0.39 is 11.6 Å². The molecule has 0 bridgehead atoms. The van der Waals surface area contributed by atoms with Crippen LogP contribution in [0.5, 0.6) is 0 Å². The van der Waals surface area contributed by atoms with Crippen molar-refractivity contribution in [1.82, 2.24) is 4.90 Å². The van der Waals surface area contributed by atoms with Crippen LogP contribution in [0.25, 0.3) is 0 Å². The maximum atomic E-state index is 12.0. The van der Waals surface area contributed by atoms with Gasteiger partial charge in [-0.2, -0.15) is 0 Å². The molecular formula is C30H35NO3. The summed E-state index contributed by atoms with van der Waals surface area (Å²) >= 11 is 0. The number of benzene rings is 3. The minimum absolute atomic E-state index is 0.181. The quantitative estimate of drug-likeness (QED) is 0.419. The van der Waals surface area contributed by atoms with Crippen LogP contribution in [-0.4, -0.2) is 40.7 Å². The first-order valence-electron chi connectivity index (χ1n) is 12.4. The van der Waals surface area contributed by atoms with Crippen molar-refractivity contribution in [3.05, 3.63) is 107 Å². The largest absolute Gasteiger partial charge is 0.478 e. The average Bonchev–Trinajstić information content (AvgIpc) is 2.89. The average molecular weight is 458 g/mol. The number of nitrogens with zero attached hydrogens (tertiary/aromatic N) is 1. The van der Waals surface area contributed by atoms with Gasteiger partial charge in [-0.25, -0.2) is 4.79 Å². The molecule has 1 fully saturated rings. The lowest BCUT2D eigenvalue weighted by molar-refractivity contribution is -0.0143. The van der Waals surface area contributed by atoms with Gasteiger partial charge in [0.05, 0.1) is 5.56 Å². The highest BCUT2D eigenvalue weighted by molar-refractivity contribution is 5.87. The molecule has 1 heterocycles. The number of hydrogen-bond donors (Lipinski definition) is 2. The Morgan fingerprint density at radius 3 is 1.94 bits per heavy atom. The zero-order valence-electron chi connectivity index (χ0n) is 19.9. The molecule has 0 amide bonds. The Labute approximate surface area is 202 Å². The summed E-state index contributed by atoms with van der Waals surface area (Å²) in [5, 5.41) is 21.1. The van der Waals surface area contributed by atoms with Crippen LogP contribution in [0.4, 0.5) is 0 Å². The second-order valence-corrected chi connectivity index (χ2v) is 9.58. The van der Waals surface area contributed by atoms with Gasteiger partial charge in [-0.05, 0) is 86.0 Å². The molecule has 1 aliphatic heterocycles. The zero-order chi connectivity index (χ0) is 24.0.